The number of halogens is 1. The normalized spacial score (nSPS) is 10.2. The van der Waals surface area contributed by atoms with Crippen molar-refractivity contribution in [2.45, 2.75) is 20.8 Å². The summed E-state index contributed by atoms with van der Waals surface area (Å²) in [6.07, 6.45) is 0. The summed E-state index contributed by atoms with van der Waals surface area (Å²) in [5.74, 6) is -1.39. The van der Waals surface area contributed by atoms with E-state index in [-0.39, 0.29) is 24.8 Å². The van der Waals surface area contributed by atoms with Crippen molar-refractivity contribution < 1.29 is 18.7 Å². The van der Waals surface area contributed by atoms with E-state index >= 15 is 0 Å². The maximum atomic E-state index is 13.4. The van der Waals surface area contributed by atoms with Crippen molar-refractivity contribution in [3.8, 4) is 5.75 Å². The first kappa shape index (κ1) is 18.4. The molecule has 5 nitrogen and oxygen atoms in total. The Labute approximate surface area is 146 Å². The fourth-order valence-electron chi connectivity index (χ4n) is 2.50. The van der Waals surface area contributed by atoms with Crippen molar-refractivity contribution in [3.63, 3.8) is 0 Å². The standard InChI is InChI=1S/C19H21FN2O3/c1-12-8-13(2)19(14(3)9-12)22-17(23)10-21-18(24)11-25-16-7-5-4-6-15(16)20/h4-9H,10-11H2,1-3H3,(H,21,24)(H,22,23). The maximum Gasteiger partial charge on any atom is 0.258 e. The number of anilines is 1. The molecule has 2 aromatic rings. The van der Waals surface area contributed by atoms with Crippen molar-refractivity contribution in [3.05, 3.63) is 58.9 Å². The van der Waals surface area contributed by atoms with Gasteiger partial charge >= 0.3 is 0 Å². The minimum absolute atomic E-state index is 0.00648. The lowest BCUT2D eigenvalue weighted by Crippen LogP contribution is -2.36. The number of nitrogens with one attached hydrogen (secondary N) is 2. The molecule has 2 rings (SSSR count). The van der Waals surface area contributed by atoms with Crippen molar-refractivity contribution in [2.75, 3.05) is 18.5 Å². The lowest BCUT2D eigenvalue weighted by atomic mass is 10.1. The highest BCUT2D eigenvalue weighted by molar-refractivity contribution is 5.95. The van der Waals surface area contributed by atoms with Crippen molar-refractivity contribution in [2.24, 2.45) is 0 Å². The highest BCUT2D eigenvalue weighted by Gasteiger charge is 2.11. The predicted molar refractivity (Wildman–Crippen MR) is 94.2 cm³/mol. The van der Waals surface area contributed by atoms with E-state index in [1.54, 1.807) is 6.07 Å². The van der Waals surface area contributed by atoms with Crippen molar-refractivity contribution in [1.29, 1.82) is 0 Å². The third-order valence-corrected chi connectivity index (χ3v) is 3.58. The Morgan fingerprint density at radius 1 is 1.04 bits per heavy atom. The Bertz CT molecular complexity index is 767. The van der Waals surface area contributed by atoms with E-state index in [0.717, 1.165) is 22.4 Å². The summed E-state index contributed by atoms with van der Waals surface area (Å²) in [5.41, 5.74) is 3.78. The maximum absolute atomic E-state index is 13.4. The third kappa shape index (κ3) is 5.31. The Kier molecular flexibility index (Phi) is 6.11. The molecule has 0 saturated heterocycles. The summed E-state index contributed by atoms with van der Waals surface area (Å²) < 4.78 is 18.5. The zero-order valence-corrected chi connectivity index (χ0v) is 14.5. The monoisotopic (exact) mass is 344 g/mol. The van der Waals surface area contributed by atoms with Gasteiger partial charge in [0.1, 0.15) is 0 Å². The molecule has 2 aromatic carbocycles. The van der Waals surface area contributed by atoms with Gasteiger partial charge in [0.2, 0.25) is 5.91 Å². The van der Waals surface area contributed by atoms with Crippen LogP contribution in [0, 0.1) is 26.6 Å². The summed E-state index contributed by atoms with van der Waals surface area (Å²) in [4.78, 5) is 23.7. The molecule has 0 aliphatic rings. The number of carbonyl (C=O) groups is 2. The molecule has 25 heavy (non-hydrogen) atoms. The molecule has 132 valence electrons. The van der Waals surface area contributed by atoms with Gasteiger partial charge < -0.3 is 15.4 Å². The van der Waals surface area contributed by atoms with E-state index in [9.17, 15) is 14.0 Å². The average Bonchev–Trinajstić information content (AvgIpc) is 2.55. The number of amides is 2. The molecule has 0 radical (unpaired) electrons. The van der Waals surface area contributed by atoms with Crippen LogP contribution in [0.5, 0.6) is 5.75 Å². The third-order valence-electron chi connectivity index (χ3n) is 3.58. The number of carbonyl (C=O) groups excluding carboxylic acids is 2. The predicted octanol–water partition coefficient (Wildman–Crippen LogP) is 2.88. The molecule has 0 aliphatic carbocycles. The molecule has 0 unspecified atom stereocenters. The first-order valence-corrected chi connectivity index (χ1v) is 7.88. The van der Waals surface area contributed by atoms with Gasteiger partial charge in [-0.2, -0.15) is 0 Å². The van der Waals surface area contributed by atoms with E-state index in [1.807, 2.05) is 32.9 Å². The molecule has 0 bridgehead atoms. The van der Waals surface area contributed by atoms with Crippen LogP contribution in [0.25, 0.3) is 0 Å². The van der Waals surface area contributed by atoms with E-state index in [4.69, 9.17) is 4.74 Å². The smallest absolute Gasteiger partial charge is 0.258 e. The summed E-state index contributed by atoms with van der Waals surface area (Å²) in [6.45, 7) is 5.26. The topological polar surface area (TPSA) is 67.4 Å². The lowest BCUT2D eigenvalue weighted by Gasteiger charge is -2.13. The van der Waals surface area contributed by atoms with Gasteiger partial charge in [-0.25, -0.2) is 4.39 Å². The molecule has 0 saturated carbocycles. The van der Waals surface area contributed by atoms with Gasteiger partial charge in [-0.15, -0.1) is 0 Å². The fourth-order valence-corrected chi connectivity index (χ4v) is 2.50. The van der Waals surface area contributed by atoms with Gasteiger partial charge in [0.15, 0.2) is 18.2 Å². The molecule has 2 N–H and O–H groups in total. The molecule has 0 heterocycles. The van der Waals surface area contributed by atoms with E-state index in [0.29, 0.717) is 0 Å². The first-order valence-electron chi connectivity index (χ1n) is 7.88. The quantitative estimate of drug-likeness (QED) is 0.847. The molecule has 0 atom stereocenters. The van der Waals surface area contributed by atoms with Crippen LogP contribution >= 0.6 is 0 Å². The van der Waals surface area contributed by atoms with E-state index in [1.165, 1.54) is 18.2 Å². The highest BCUT2D eigenvalue weighted by Crippen LogP contribution is 2.21. The average molecular weight is 344 g/mol. The molecule has 0 fully saturated rings. The van der Waals surface area contributed by atoms with Gasteiger partial charge in [0.05, 0.1) is 6.54 Å². The van der Waals surface area contributed by atoms with E-state index < -0.39 is 11.7 Å². The van der Waals surface area contributed by atoms with Crippen molar-refractivity contribution >= 4 is 17.5 Å². The van der Waals surface area contributed by atoms with Crippen LogP contribution in [-0.4, -0.2) is 25.0 Å². The molecule has 6 heteroatoms. The SMILES string of the molecule is Cc1cc(C)c(NC(=O)CNC(=O)COc2ccccc2F)c(C)c1. The van der Waals surface area contributed by atoms with E-state index in [2.05, 4.69) is 10.6 Å². The van der Waals surface area contributed by atoms with Gasteiger partial charge in [0.25, 0.3) is 5.91 Å². The van der Waals surface area contributed by atoms with Gasteiger partial charge in [-0.05, 0) is 44.0 Å². The summed E-state index contributed by atoms with van der Waals surface area (Å²) in [6, 6.07) is 9.76. The number of hydrogen-bond donors (Lipinski definition) is 2. The second-order valence-corrected chi connectivity index (χ2v) is 5.82. The number of rotatable bonds is 6. The molecule has 0 aromatic heterocycles. The summed E-state index contributed by atoms with van der Waals surface area (Å²) in [7, 11) is 0. The van der Waals surface area contributed by atoms with Gasteiger partial charge in [0, 0.05) is 5.69 Å². The zero-order chi connectivity index (χ0) is 18.4. The summed E-state index contributed by atoms with van der Waals surface area (Å²) >= 11 is 0. The largest absolute Gasteiger partial charge is 0.481 e. The highest BCUT2D eigenvalue weighted by atomic mass is 19.1. The number of hydrogen-bond acceptors (Lipinski definition) is 3. The fraction of sp³-hybridized carbons (Fsp3) is 0.263. The number of benzene rings is 2. The Balaban J connectivity index is 1.82. The second-order valence-electron chi connectivity index (χ2n) is 5.82. The minimum atomic E-state index is -0.543. The first-order chi connectivity index (χ1) is 11.9. The van der Waals surface area contributed by atoms with Crippen LogP contribution in [0.1, 0.15) is 16.7 Å². The Morgan fingerprint density at radius 2 is 1.68 bits per heavy atom. The summed E-state index contributed by atoms with van der Waals surface area (Å²) in [5, 5.41) is 5.23. The molecule has 2 amide bonds. The Morgan fingerprint density at radius 3 is 2.32 bits per heavy atom. The minimum Gasteiger partial charge on any atom is -0.481 e. The zero-order valence-electron chi connectivity index (χ0n) is 14.5. The van der Waals surface area contributed by atoms with Crippen LogP contribution < -0.4 is 15.4 Å². The second kappa shape index (κ2) is 8.28. The van der Waals surface area contributed by atoms with Gasteiger partial charge in [-0.1, -0.05) is 29.8 Å². The van der Waals surface area contributed by atoms with Crippen LogP contribution in [0.2, 0.25) is 0 Å². The van der Waals surface area contributed by atoms with Crippen molar-refractivity contribution in [1.82, 2.24) is 5.32 Å². The lowest BCUT2D eigenvalue weighted by molar-refractivity contribution is -0.125. The van der Waals surface area contributed by atoms with Crippen LogP contribution in [-0.2, 0) is 9.59 Å². The number of ether oxygens (including phenoxy) is 1. The molecular weight excluding hydrogens is 323 g/mol. The molecule has 0 aliphatic heterocycles. The Hall–Kier alpha value is -2.89. The van der Waals surface area contributed by atoms with Crippen LogP contribution in [0.3, 0.4) is 0 Å². The van der Waals surface area contributed by atoms with Crippen LogP contribution in [0.15, 0.2) is 36.4 Å². The number of para-hydroxylation sites is 1. The van der Waals surface area contributed by atoms with Crippen LogP contribution in [0.4, 0.5) is 10.1 Å². The van der Waals surface area contributed by atoms with Gasteiger partial charge in [-0.3, -0.25) is 9.59 Å². The molecular formula is C19H21FN2O3. The number of aryl methyl sites for hydroxylation is 3. The molecule has 0 spiro atoms.